The van der Waals surface area contributed by atoms with Crippen molar-refractivity contribution < 1.29 is 5.11 Å². The average Bonchev–Trinajstić information content (AvgIpc) is 2.33. The molecule has 0 bridgehead atoms. The van der Waals surface area contributed by atoms with Crippen LogP contribution in [0.3, 0.4) is 0 Å². The van der Waals surface area contributed by atoms with Crippen LogP contribution in [-0.4, -0.2) is 5.11 Å². The molecule has 0 saturated heterocycles. The zero-order valence-electron chi connectivity index (χ0n) is 11.9. The lowest BCUT2D eigenvalue weighted by atomic mass is 9.87. The molecule has 2 aromatic rings. The van der Waals surface area contributed by atoms with E-state index in [2.05, 4.69) is 6.07 Å². The molecular formula is C17H18Cl2O. The highest BCUT2D eigenvalue weighted by atomic mass is 35.5. The van der Waals surface area contributed by atoms with Crippen LogP contribution in [0, 0.1) is 13.8 Å². The van der Waals surface area contributed by atoms with Crippen LogP contribution in [0.25, 0.3) is 0 Å². The zero-order valence-corrected chi connectivity index (χ0v) is 13.4. The highest BCUT2D eigenvalue weighted by Crippen LogP contribution is 2.33. The van der Waals surface area contributed by atoms with Gasteiger partial charge >= 0.3 is 0 Å². The Morgan fingerprint density at radius 3 is 2.00 bits per heavy atom. The molecule has 0 saturated carbocycles. The summed E-state index contributed by atoms with van der Waals surface area (Å²) in [4.78, 5) is 0. The molecule has 0 aliphatic heterocycles. The van der Waals surface area contributed by atoms with E-state index >= 15 is 0 Å². The summed E-state index contributed by atoms with van der Waals surface area (Å²) in [6, 6.07) is 11.5. The maximum absolute atomic E-state index is 10.8. The summed E-state index contributed by atoms with van der Waals surface area (Å²) in [5.41, 5.74) is 2.91. The van der Waals surface area contributed by atoms with Crippen molar-refractivity contribution in [3.05, 3.63) is 68.7 Å². The van der Waals surface area contributed by atoms with Crippen LogP contribution in [0.15, 0.2) is 36.4 Å². The Balaban J connectivity index is 2.40. The monoisotopic (exact) mass is 308 g/mol. The minimum Gasteiger partial charge on any atom is -0.385 e. The van der Waals surface area contributed by atoms with Crippen molar-refractivity contribution in [2.75, 3.05) is 0 Å². The minimum absolute atomic E-state index is 0.383. The number of rotatable bonds is 3. The van der Waals surface area contributed by atoms with Gasteiger partial charge < -0.3 is 5.11 Å². The molecule has 0 heterocycles. The standard InChI is InChI=1S/C17H18Cl2O/c1-11-7-12(2)9-13(8-11)17(3,20)10-14-15(18)5-4-6-16(14)19/h4-9,20H,10H2,1-3H3. The smallest absolute Gasteiger partial charge is 0.0909 e. The molecule has 20 heavy (non-hydrogen) atoms. The summed E-state index contributed by atoms with van der Waals surface area (Å²) in [6.45, 7) is 5.84. The second-order valence-electron chi connectivity index (χ2n) is 5.53. The van der Waals surface area contributed by atoms with Crippen LogP contribution < -0.4 is 0 Å². The van der Waals surface area contributed by atoms with Crippen LogP contribution in [0.4, 0.5) is 0 Å². The van der Waals surface area contributed by atoms with Crippen molar-refractivity contribution in [1.82, 2.24) is 0 Å². The van der Waals surface area contributed by atoms with Crippen LogP contribution in [0.1, 0.15) is 29.2 Å². The fourth-order valence-electron chi connectivity index (χ4n) is 2.43. The Morgan fingerprint density at radius 2 is 1.50 bits per heavy atom. The lowest BCUT2D eigenvalue weighted by Gasteiger charge is -2.26. The number of halogens is 2. The van der Waals surface area contributed by atoms with Gasteiger partial charge in [-0.2, -0.15) is 0 Å². The molecule has 0 aliphatic rings. The minimum atomic E-state index is -1.01. The van der Waals surface area contributed by atoms with Gasteiger partial charge in [0.05, 0.1) is 5.60 Å². The summed E-state index contributed by atoms with van der Waals surface area (Å²) >= 11 is 12.4. The van der Waals surface area contributed by atoms with E-state index in [1.54, 1.807) is 25.1 Å². The first-order valence-electron chi connectivity index (χ1n) is 6.53. The molecule has 2 rings (SSSR count). The largest absolute Gasteiger partial charge is 0.385 e. The molecule has 1 N–H and O–H groups in total. The lowest BCUT2D eigenvalue weighted by molar-refractivity contribution is 0.0575. The first-order chi connectivity index (χ1) is 9.29. The van der Waals surface area contributed by atoms with E-state index in [1.165, 1.54) is 0 Å². The first-order valence-corrected chi connectivity index (χ1v) is 7.29. The normalized spacial score (nSPS) is 14.1. The number of benzene rings is 2. The third-order valence-electron chi connectivity index (χ3n) is 3.43. The summed E-state index contributed by atoms with van der Waals surface area (Å²) in [6.07, 6.45) is 0.383. The number of aryl methyl sites for hydroxylation is 2. The lowest BCUT2D eigenvalue weighted by Crippen LogP contribution is -2.25. The van der Waals surface area contributed by atoms with Gasteiger partial charge in [0.1, 0.15) is 0 Å². The van der Waals surface area contributed by atoms with E-state index < -0.39 is 5.60 Å². The zero-order chi connectivity index (χ0) is 14.9. The fourth-order valence-corrected chi connectivity index (χ4v) is 2.96. The van der Waals surface area contributed by atoms with E-state index in [-0.39, 0.29) is 0 Å². The molecule has 1 atom stereocenters. The molecule has 2 aromatic carbocycles. The number of hydrogen-bond acceptors (Lipinski definition) is 1. The average molecular weight is 309 g/mol. The summed E-state index contributed by atoms with van der Waals surface area (Å²) in [7, 11) is 0. The van der Waals surface area contributed by atoms with Gasteiger partial charge in [0.15, 0.2) is 0 Å². The Bertz CT molecular complexity index is 592. The van der Waals surface area contributed by atoms with Gasteiger partial charge in [-0.15, -0.1) is 0 Å². The highest BCUT2D eigenvalue weighted by Gasteiger charge is 2.26. The molecular weight excluding hydrogens is 291 g/mol. The van der Waals surface area contributed by atoms with Crippen molar-refractivity contribution >= 4 is 23.2 Å². The Morgan fingerprint density at radius 1 is 1.00 bits per heavy atom. The van der Waals surface area contributed by atoms with Crippen LogP contribution in [-0.2, 0) is 12.0 Å². The Labute approximate surface area is 130 Å². The predicted molar refractivity (Wildman–Crippen MR) is 85.7 cm³/mol. The van der Waals surface area contributed by atoms with Crippen molar-refractivity contribution in [3.63, 3.8) is 0 Å². The van der Waals surface area contributed by atoms with E-state index in [0.717, 1.165) is 22.3 Å². The molecule has 0 radical (unpaired) electrons. The molecule has 0 aliphatic carbocycles. The topological polar surface area (TPSA) is 20.2 Å². The Kier molecular flexibility index (Phi) is 4.43. The molecule has 3 heteroatoms. The Hall–Kier alpha value is -1.02. The summed E-state index contributed by atoms with van der Waals surface area (Å²) in [5, 5.41) is 12.0. The quantitative estimate of drug-likeness (QED) is 0.840. The number of aliphatic hydroxyl groups is 1. The first kappa shape index (κ1) is 15.4. The van der Waals surface area contributed by atoms with Gasteiger partial charge in [0, 0.05) is 16.5 Å². The van der Waals surface area contributed by atoms with Gasteiger partial charge in [-0.25, -0.2) is 0 Å². The molecule has 0 aromatic heterocycles. The molecule has 1 nitrogen and oxygen atoms in total. The van der Waals surface area contributed by atoms with E-state index in [1.807, 2.05) is 26.0 Å². The SMILES string of the molecule is Cc1cc(C)cc(C(C)(O)Cc2c(Cl)cccc2Cl)c1. The van der Waals surface area contributed by atoms with Gasteiger partial charge in [0.25, 0.3) is 0 Å². The molecule has 0 spiro atoms. The second-order valence-corrected chi connectivity index (χ2v) is 6.34. The highest BCUT2D eigenvalue weighted by molar-refractivity contribution is 6.36. The molecule has 106 valence electrons. The number of hydrogen-bond donors (Lipinski definition) is 1. The predicted octanol–water partition coefficient (Wildman–Crippen LogP) is 5.06. The van der Waals surface area contributed by atoms with Crippen molar-refractivity contribution in [2.24, 2.45) is 0 Å². The molecule has 1 unspecified atom stereocenters. The van der Waals surface area contributed by atoms with E-state index in [0.29, 0.717) is 16.5 Å². The molecule has 0 fully saturated rings. The van der Waals surface area contributed by atoms with Gasteiger partial charge in [-0.05, 0) is 44.0 Å². The fraction of sp³-hybridized carbons (Fsp3) is 0.294. The van der Waals surface area contributed by atoms with E-state index in [9.17, 15) is 5.11 Å². The second kappa shape index (κ2) is 5.77. The maximum atomic E-state index is 10.8. The van der Waals surface area contributed by atoms with Crippen molar-refractivity contribution in [2.45, 2.75) is 32.8 Å². The third kappa shape index (κ3) is 3.35. The summed E-state index contributed by atoms with van der Waals surface area (Å²) in [5.74, 6) is 0. The third-order valence-corrected chi connectivity index (χ3v) is 4.13. The van der Waals surface area contributed by atoms with Crippen LogP contribution >= 0.6 is 23.2 Å². The molecule has 0 amide bonds. The van der Waals surface area contributed by atoms with Crippen molar-refractivity contribution in [1.29, 1.82) is 0 Å². The van der Waals surface area contributed by atoms with E-state index in [4.69, 9.17) is 23.2 Å². The van der Waals surface area contributed by atoms with Gasteiger partial charge in [0.2, 0.25) is 0 Å². The van der Waals surface area contributed by atoms with Crippen LogP contribution in [0.5, 0.6) is 0 Å². The van der Waals surface area contributed by atoms with Gasteiger partial charge in [-0.1, -0.05) is 58.6 Å². The van der Waals surface area contributed by atoms with Gasteiger partial charge in [-0.3, -0.25) is 0 Å². The summed E-state index contributed by atoms with van der Waals surface area (Å²) < 4.78 is 0. The van der Waals surface area contributed by atoms with Crippen molar-refractivity contribution in [3.8, 4) is 0 Å². The maximum Gasteiger partial charge on any atom is 0.0909 e. The van der Waals surface area contributed by atoms with Crippen LogP contribution in [0.2, 0.25) is 10.0 Å².